The molecule has 2 unspecified atom stereocenters. The van der Waals surface area contributed by atoms with Gasteiger partial charge in [0.15, 0.2) is 0 Å². The predicted molar refractivity (Wildman–Crippen MR) is 104 cm³/mol. The molecule has 6 nitrogen and oxygen atoms in total. The number of rotatable bonds is 6. The van der Waals surface area contributed by atoms with E-state index in [-0.39, 0.29) is 11.3 Å². The van der Waals surface area contributed by atoms with Crippen LogP contribution < -0.4 is 5.32 Å². The number of amides is 1. The van der Waals surface area contributed by atoms with E-state index in [9.17, 15) is 9.00 Å². The summed E-state index contributed by atoms with van der Waals surface area (Å²) in [4.78, 5) is 12.6. The first kappa shape index (κ1) is 20.5. The molecule has 0 saturated carbocycles. The lowest BCUT2D eigenvalue weighted by Crippen LogP contribution is -2.35. The summed E-state index contributed by atoms with van der Waals surface area (Å²) in [6, 6.07) is 1.78. The number of nitrogens with one attached hydrogen (secondary N) is 1. The highest BCUT2D eigenvalue weighted by Crippen LogP contribution is 2.32. The van der Waals surface area contributed by atoms with E-state index < -0.39 is 15.7 Å². The molecule has 1 aliphatic heterocycles. The highest BCUT2D eigenvalue weighted by Gasteiger charge is 2.32. The van der Waals surface area contributed by atoms with E-state index in [2.05, 4.69) is 10.5 Å². The van der Waals surface area contributed by atoms with Crippen molar-refractivity contribution in [1.82, 2.24) is 9.46 Å². The van der Waals surface area contributed by atoms with Crippen molar-refractivity contribution in [3.8, 4) is 0 Å². The Hall–Kier alpha value is -0.860. The fraction of sp³-hybridized carbons (Fsp3) is 0.765. The number of aromatic nitrogens is 1. The monoisotopic (exact) mass is 387 g/mol. The Bertz CT molecular complexity index is 637. The third-order valence-electron chi connectivity index (χ3n) is 4.35. The van der Waals surface area contributed by atoms with Gasteiger partial charge in [0, 0.05) is 30.8 Å². The van der Waals surface area contributed by atoms with Gasteiger partial charge in [-0.2, -0.15) is 0 Å². The smallest absolute Gasteiger partial charge is 0.242 e. The van der Waals surface area contributed by atoms with Crippen LogP contribution in [0.2, 0.25) is 0 Å². The third-order valence-corrected chi connectivity index (χ3v) is 6.96. The maximum absolute atomic E-state index is 12.6. The number of nitrogens with zero attached hydrogens (tertiary/aromatic N) is 2. The summed E-state index contributed by atoms with van der Waals surface area (Å²) < 4.78 is 18.2. The van der Waals surface area contributed by atoms with Gasteiger partial charge in [-0.3, -0.25) is 10.1 Å². The van der Waals surface area contributed by atoms with Crippen molar-refractivity contribution in [2.45, 2.75) is 51.2 Å². The lowest BCUT2D eigenvalue weighted by atomic mass is 9.92. The average molecular weight is 388 g/mol. The molecule has 0 aliphatic carbocycles. The Morgan fingerprint density at radius 3 is 2.64 bits per heavy atom. The van der Waals surface area contributed by atoms with Gasteiger partial charge in [-0.25, -0.2) is 8.51 Å². The van der Waals surface area contributed by atoms with Gasteiger partial charge in [0.2, 0.25) is 11.8 Å². The van der Waals surface area contributed by atoms with Crippen molar-refractivity contribution in [1.29, 1.82) is 0 Å². The molecule has 1 N–H and O–H groups in total. The van der Waals surface area contributed by atoms with Crippen molar-refractivity contribution in [3.63, 3.8) is 0 Å². The van der Waals surface area contributed by atoms with Crippen LogP contribution in [-0.2, 0) is 21.2 Å². The Labute approximate surface area is 157 Å². The molecule has 0 spiro atoms. The van der Waals surface area contributed by atoms with Gasteiger partial charge in [-0.05, 0) is 31.9 Å². The van der Waals surface area contributed by atoms with Gasteiger partial charge < -0.3 is 4.52 Å². The molecule has 0 radical (unpaired) electrons. The van der Waals surface area contributed by atoms with Crippen LogP contribution >= 0.6 is 11.8 Å². The molecular formula is C17H29N3O3S2. The summed E-state index contributed by atoms with van der Waals surface area (Å²) in [6.07, 6.45) is 2.75. The molecule has 1 aromatic rings. The summed E-state index contributed by atoms with van der Waals surface area (Å²) >= 11 is 1.63. The van der Waals surface area contributed by atoms with Gasteiger partial charge in [0.05, 0.1) is 21.4 Å². The summed E-state index contributed by atoms with van der Waals surface area (Å²) in [6.45, 7) is 11.7. The van der Waals surface area contributed by atoms with Gasteiger partial charge in [0.25, 0.3) is 0 Å². The highest BCUT2D eigenvalue weighted by atomic mass is 32.2. The Kier molecular flexibility index (Phi) is 6.38. The molecule has 1 aliphatic rings. The Morgan fingerprint density at radius 1 is 1.44 bits per heavy atom. The fourth-order valence-electron chi connectivity index (χ4n) is 2.51. The fourth-order valence-corrected chi connectivity index (χ4v) is 4.40. The Morgan fingerprint density at radius 2 is 2.12 bits per heavy atom. The van der Waals surface area contributed by atoms with Crippen LogP contribution in [0, 0.1) is 5.92 Å². The average Bonchev–Trinajstić information content (AvgIpc) is 3.13. The van der Waals surface area contributed by atoms with Crippen LogP contribution in [0.1, 0.15) is 46.7 Å². The van der Waals surface area contributed by atoms with Gasteiger partial charge in [-0.15, -0.1) is 11.8 Å². The van der Waals surface area contributed by atoms with Gasteiger partial charge in [-0.1, -0.05) is 25.9 Å². The van der Waals surface area contributed by atoms with E-state index >= 15 is 0 Å². The third kappa shape index (κ3) is 5.56. The zero-order valence-corrected chi connectivity index (χ0v) is 17.6. The molecule has 142 valence electrons. The number of carbonyl (C=O) groups excluding carboxylic acids is 1. The molecular weight excluding hydrogens is 358 g/mol. The number of anilines is 1. The quantitative estimate of drug-likeness (QED) is 0.812. The standard InChI is InChI=1S/C17H29N3O3S2/c1-16(2,3)13-9-14(23-19-13)18-15(21)17(4,5)24-11-12-7-8-20(10-12)25(6)22/h9,12H,7-8,10-11H2,1-6H3,(H,18,21). The van der Waals surface area contributed by atoms with Crippen LogP contribution in [0.25, 0.3) is 0 Å². The van der Waals surface area contributed by atoms with Crippen molar-refractivity contribution < 1.29 is 13.5 Å². The Balaban J connectivity index is 1.87. The summed E-state index contributed by atoms with van der Waals surface area (Å²) in [5, 5.41) is 6.85. The van der Waals surface area contributed by atoms with Crippen LogP contribution in [0.3, 0.4) is 0 Å². The van der Waals surface area contributed by atoms with Gasteiger partial charge in [0.1, 0.15) is 0 Å². The van der Waals surface area contributed by atoms with Crippen molar-refractivity contribution in [3.05, 3.63) is 11.8 Å². The molecule has 1 saturated heterocycles. The summed E-state index contributed by atoms with van der Waals surface area (Å²) in [5.74, 6) is 1.64. The minimum absolute atomic E-state index is 0.0944. The minimum Gasteiger partial charge on any atom is -0.338 e. The predicted octanol–water partition coefficient (Wildman–Crippen LogP) is 3.04. The number of carbonyl (C=O) groups is 1. The molecule has 2 rings (SSSR count). The molecule has 0 bridgehead atoms. The second-order valence-electron chi connectivity index (χ2n) is 8.07. The molecule has 1 fully saturated rings. The normalized spacial score (nSPS) is 20.6. The highest BCUT2D eigenvalue weighted by molar-refractivity contribution is 8.01. The van der Waals surface area contributed by atoms with Crippen LogP contribution in [-0.4, -0.2) is 49.4 Å². The zero-order valence-electron chi connectivity index (χ0n) is 15.9. The van der Waals surface area contributed by atoms with E-state index in [0.717, 1.165) is 31.0 Å². The van der Waals surface area contributed by atoms with Crippen LogP contribution in [0.5, 0.6) is 0 Å². The second-order valence-corrected chi connectivity index (χ2v) is 11.1. The largest absolute Gasteiger partial charge is 0.338 e. The zero-order chi connectivity index (χ0) is 18.8. The molecule has 2 atom stereocenters. The maximum Gasteiger partial charge on any atom is 0.242 e. The maximum atomic E-state index is 12.6. The first-order valence-electron chi connectivity index (χ1n) is 8.50. The number of hydrogen-bond donors (Lipinski definition) is 1. The van der Waals surface area contributed by atoms with E-state index in [0.29, 0.717) is 11.8 Å². The van der Waals surface area contributed by atoms with E-state index in [4.69, 9.17) is 4.52 Å². The van der Waals surface area contributed by atoms with Gasteiger partial charge >= 0.3 is 0 Å². The SMILES string of the molecule is CS(=O)N1CCC(CSC(C)(C)C(=O)Nc2cc(C(C)(C)C)no2)C1. The molecule has 8 heteroatoms. The first-order valence-corrected chi connectivity index (χ1v) is 11.0. The van der Waals surface area contributed by atoms with E-state index in [1.54, 1.807) is 24.1 Å². The molecule has 1 amide bonds. The minimum atomic E-state index is -0.901. The molecule has 2 heterocycles. The van der Waals surface area contributed by atoms with Crippen LogP contribution in [0.4, 0.5) is 5.88 Å². The summed E-state index contributed by atoms with van der Waals surface area (Å²) in [7, 11) is -0.901. The van der Waals surface area contributed by atoms with Crippen molar-refractivity contribution in [2.75, 3.05) is 30.4 Å². The molecule has 1 aromatic heterocycles. The number of hydrogen-bond acceptors (Lipinski definition) is 5. The van der Waals surface area contributed by atoms with Crippen LogP contribution in [0.15, 0.2) is 10.6 Å². The molecule has 25 heavy (non-hydrogen) atoms. The van der Waals surface area contributed by atoms with E-state index in [1.807, 2.05) is 38.9 Å². The lowest BCUT2D eigenvalue weighted by molar-refractivity contribution is -0.117. The topological polar surface area (TPSA) is 75.4 Å². The van der Waals surface area contributed by atoms with Crippen molar-refractivity contribution in [2.24, 2.45) is 5.92 Å². The molecule has 0 aromatic carbocycles. The number of thioether (sulfide) groups is 1. The van der Waals surface area contributed by atoms with E-state index in [1.165, 1.54) is 0 Å². The lowest BCUT2D eigenvalue weighted by Gasteiger charge is -2.24. The van der Waals surface area contributed by atoms with Crippen molar-refractivity contribution >= 4 is 34.5 Å². The summed E-state index contributed by atoms with van der Waals surface area (Å²) in [5.41, 5.74) is 0.691. The first-order chi connectivity index (χ1) is 11.5. The second kappa shape index (κ2) is 7.80.